The minimum Gasteiger partial charge on any atom is -0.342 e. The Morgan fingerprint density at radius 2 is 1.68 bits per heavy atom. The van der Waals surface area contributed by atoms with E-state index in [1.807, 2.05) is 35.2 Å². The zero-order valence-electron chi connectivity index (χ0n) is 20.7. The molecule has 4 atom stereocenters. The summed E-state index contributed by atoms with van der Waals surface area (Å²) < 4.78 is 0. The lowest BCUT2D eigenvalue weighted by atomic mass is 9.76. The maximum atomic E-state index is 13.6. The first-order chi connectivity index (χ1) is 18.0. The van der Waals surface area contributed by atoms with Crippen LogP contribution < -0.4 is 4.90 Å². The Kier molecular flexibility index (Phi) is 5.13. The number of carbonyl (C=O) groups excluding carboxylic acids is 4. The fraction of sp³-hybridized carbons (Fsp3) is 0.448. The highest BCUT2D eigenvalue weighted by molar-refractivity contribution is 6.16. The molecule has 2 bridgehead atoms. The number of nitrogens with zero attached hydrogens (tertiary/aromatic N) is 4. The predicted molar refractivity (Wildman–Crippen MR) is 136 cm³/mol. The summed E-state index contributed by atoms with van der Waals surface area (Å²) in [4.78, 5) is 60.4. The molecule has 37 heavy (non-hydrogen) atoms. The highest BCUT2D eigenvalue weighted by Crippen LogP contribution is 2.45. The summed E-state index contributed by atoms with van der Waals surface area (Å²) in [6.45, 7) is 2.34. The van der Waals surface area contributed by atoms with E-state index in [4.69, 9.17) is 0 Å². The number of hydrogen-bond donors (Lipinski definition) is 0. The van der Waals surface area contributed by atoms with Gasteiger partial charge in [0, 0.05) is 56.2 Å². The van der Waals surface area contributed by atoms with Crippen molar-refractivity contribution in [2.24, 2.45) is 11.8 Å². The third-order valence-electron chi connectivity index (χ3n) is 8.98. The molecule has 0 aliphatic carbocycles. The van der Waals surface area contributed by atoms with E-state index < -0.39 is 6.17 Å². The number of likely N-dealkylation sites (tertiary alicyclic amines) is 1. The molecule has 0 saturated carbocycles. The molecule has 0 radical (unpaired) electrons. The van der Waals surface area contributed by atoms with E-state index in [2.05, 4.69) is 4.90 Å². The largest absolute Gasteiger partial charge is 0.342 e. The molecule has 4 amide bonds. The molecule has 2 aromatic rings. The molecule has 8 nitrogen and oxygen atoms in total. The lowest BCUT2D eigenvalue weighted by Crippen LogP contribution is -2.61. The summed E-state index contributed by atoms with van der Waals surface area (Å²) >= 11 is 0. The molecule has 0 unspecified atom stereocenters. The van der Waals surface area contributed by atoms with Crippen LogP contribution in [-0.4, -0.2) is 70.5 Å². The first-order valence-corrected chi connectivity index (χ1v) is 13.4. The molecule has 3 fully saturated rings. The van der Waals surface area contributed by atoms with Crippen molar-refractivity contribution in [1.29, 1.82) is 0 Å². The molecule has 5 aliphatic heterocycles. The minimum absolute atomic E-state index is 0.0427. The first kappa shape index (κ1) is 22.5. The summed E-state index contributed by atoms with van der Waals surface area (Å²) in [5.74, 6) is 0.693. The monoisotopic (exact) mass is 498 g/mol. The van der Waals surface area contributed by atoms with Crippen molar-refractivity contribution in [3.63, 3.8) is 0 Å². The second kappa shape index (κ2) is 8.43. The lowest BCUT2D eigenvalue weighted by Gasteiger charge is -2.52. The zero-order valence-corrected chi connectivity index (χ0v) is 20.7. The van der Waals surface area contributed by atoms with Gasteiger partial charge in [0.2, 0.25) is 11.8 Å². The SMILES string of the molecule is O=C(CCN1C(=O)c2ccccc2N2C(=O)c3ccccc3[C@H]12)N1C[C@H]2C[C@@H](C1)[C@@H]1CCCC(=O)N1C2. The van der Waals surface area contributed by atoms with E-state index in [1.165, 1.54) is 0 Å². The zero-order chi connectivity index (χ0) is 25.3. The number of piperidine rings is 3. The van der Waals surface area contributed by atoms with Crippen molar-refractivity contribution in [3.05, 3.63) is 65.2 Å². The van der Waals surface area contributed by atoms with Crippen molar-refractivity contribution in [2.45, 2.75) is 44.3 Å². The van der Waals surface area contributed by atoms with Gasteiger partial charge in [-0.3, -0.25) is 24.1 Å². The Labute approximate surface area is 215 Å². The molecule has 190 valence electrons. The summed E-state index contributed by atoms with van der Waals surface area (Å²) in [6.07, 6.45) is 3.36. The van der Waals surface area contributed by atoms with Gasteiger partial charge in [-0.05, 0) is 49.3 Å². The number of anilines is 1. The van der Waals surface area contributed by atoms with Gasteiger partial charge >= 0.3 is 0 Å². The van der Waals surface area contributed by atoms with Crippen LogP contribution >= 0.6 is 0 Å². The van der Waals surface area contributed by atoms with E-state index >= 15 is 0 Å². The second-order valence-electron chi connectivity index (χ2n) is 11.1. The highest BCUT2D eigenvalue weighted by Gasteiger charge is 2.48. The summed E-state index contributed by atoms with van der Waals surface area (Å²) in [6, 6.07) is 14.9. The summed E-state index contributed by atoms with van der Waals surface area (Å²) in [7, 11) is 0. The highest BCUT2D eigenvalue weighted by atomic mass is 16.2. The Hall–Kier alpha value is -3.68. The van der Waals surface area contributed by atoms with Crippen LogP contribution in [-0.2, 0) is 9.59 Å². The van der Waals surface area contributed by atoms with Crippen LogP contribution in [0, 0.1) is 11.8 Å². The van der Waals surface area contributed by atoms with Gasteiger partial charge in [-0.15, -0.1) is 0 Å². The Balaban J connectivity index is 1.12. The number of fused-ring (bicyclic) bond motifs is 9. The van der Waals surface area contributed by atoms with Crippen molar-refractivity contribution in [1.82, 2.24) is 14.7 Å². The van der Waals surface area contributed by atoms with E-state index in [0.717, 1.165) is 31.4 Å². The van der Waals surface area contributed by atoms with Crippen LogP contribution in [0.5, 0.6) is 0 Å². The average Bonchev–Trinajstić information content (AvgIpc) is 3.21. The quantitative estimate of drug-likeness (QED) is 0.652. The number of hydrogen-bond acceptors (Lipinski definition) is 4. The predicted octanol–water partition coefficient (Wildman–Crippen LogP) is 3.05. The molecule has 7 rings (SSSR count). The molecule has 5 aliphatic rings. The van der Waals surface area contributed by atoms with Crippen LogP contribution in [0.3, 0.4) is 0 Å². The first-order valence-electron chi connectivity index (χ1n) is 13.4. The van der Waals surface area contributed by atoms with Gasteiger partial charge in [0.05, 0.1) is 11.3 Å². The smallest absolute Gasteiger partial charge is 0.260 e. The van der Waals surface area contributed by atoms with E-state index in [0.29, 0.717) is 48.2 Å². The van der Waals surface area contributed by atoms with Crippen molar-refractivity contribution in [3.8, 4) is 0 Å². The molecular formula is C29H30N4O4. The Morgan fingerprint density at radius 1 is 0.892 bits per heavy atom. The third-order valence-corrected chi connectivity index (χ3v) is 8.98. The van der Waals surface area contributed by atoms with Gasteiger partial charge in [-0.25, -0.2) is 0 Å². The summed E-state index contributed by atoms with van der Waals surface area (Å²) in [5.41, 5.74) is 2.51. The molecule has 3 saturated heterocycles. The van der Waals surface area contributed by atoms with Crippen LogP contribution in [0.2, 0.25) is 0 Å². The number of benzene rings is 2. The van der Waals surface area contributed by atoms with Gasteiger partial charge < -0.3 is 14.7 Å². The van der Waals surface area contributed by atoms with Gasteiger partial charge in [-0.1, -0.05) is 30.3 Å². The molecule has 0 aromatic heterocycles. The number of rotatable bonds is 3. The third kappa shape index (κ3) is 3.41. The normalized spacial score (nSPS) is 28.1. The Morgan fingerprint density at radius 3 is 2.54 bits per heavy atom. The fourth-order valence-electron chi connectivity index (χ4n) is 7.39. The molecule has 5 heterocycles. The molecule has 0 N–H and O–H groups in total. The topological polar surface area (TPSA) is 81.2 Å². The van der Waals surface area contributed by atoms with Crippen molar-refractivity contribution < 1.29 is 19.2 Å². The van der Waals surface area contributed by atoms with Gasteiger partial charge in [0.1, 0.15) is 6.17 Å². The number of amides is 4. The number of carbonyl (C=O) groups is 4. The Bertz CT molecular complexity index is 1320. The van der Waals surface area contributed by atoms with Crippen molar-refractivity contribution >= 4 is 29.3 Å². The lowest BCUT2D eigenvalue weighted by molar-refractivity contribution is -0.148. The van der Waals surface area contributed by atoms with Crippen LogP contribution in [0.15, 0.2) is 48.5 Å². The molecule has 0 spiro atoms. The minimum atomic E-state index is -0.540. The van der Waals surface area contributed by atoms with Crippen molar-refractivity contribution in [2.75, 3.05) is 31.1 Å². The molecular weight excluding hydrogens is 468 g/mol. The fourth-order valence-corrected chi connectivity index (χ4v) is 7.39. The van der Waals surface area contributed by atoms with Crippen LogP contribution in [0.1, 0.15) is 64.5 Å². The van der Waals surface area contributed by atoms with Crippen LogP contribution in [0.4, 0.5) is 5.69 Å². The van der Waals surface area contributed by atoms with E-state index in [9.17, 15) is 19.2 Å². The number of para-hydroxylation sites is 1. The van der Waals surface area contributed by atoms with E-state index in [-0.39, 0.29) is 42.6 Å². The second-order valence-corrected chi connectivity index (χ2v) is 11.1. The average molecular weight is 499 g/mol. The van der Waals surface area contributed by atoms with Crippen LogP contribution in [0.25, 0.3) is 0 Å². The molecule has 2 aromatic carbocycles. The summed E-state index contributed by atoms with van der Waals surface area (Å²) in [5, 5.41) is 0. The molecule has 8 heteroatoms. The maximum absolute atomic E-state index is 13.6. The van der Waals surface area contributed by atoms with Gasteiger partial charge in [-0.2, -0.15) is 0 Å². The van der Waals surface area contributed by atoms with E-state index in [1.54, 1.807) is 28.0 Å². The van der Waals surface area contributed by atoms with Gasteiger partial charge in [0.15, 0.2) is 0 Å². The maximum Gasteiger partial charge on any atom is 0.260 e. The van der Waals surface area contributed by atoms with Gasteiger partial charge in [0.25, 0.3) is 11.8 Å². The standard InChI is InChI=1S/C29H30N4O4/c34-25(30-15-18-14-19(17-30)23-10-5-11-26(35)32(23)16-18)12-13-31-27-20-6-1-2-7-21(20)29(37)33(27)24-9-4-3-8-22(24)28(31)36/h1-4,6-9,18-19,23,27H,5,10-17H2/t18-,19+,23+,27-/m1/s1.